The first kappa shape index (κ1) is 23.8. The Morgan fingerprint density at radius 1 is 1.16 bits per heavy atom. The van der Waals surface area contributed by atoms with E-state index in [4.69, 9.17) is 38.4 Å². The first-order chi connectivity index (χ1) is 17.7. The van der Waals surface area contributed by atoms with Crippen LogP contribution in [0.15, 0.2) is 36.8 Å². The topological polar surface area (TPSA) is 110 Å². The van der Waals surface area contributed by atoms with Crippen LogP contribution in [0.3, 0.4) is 0 Å². The molecule has 5 heterocycles. The molecule has 4 aromatic rings. The molecule has 6 radical (unpaired) electrons. The van der Waals surface area contributed by atoms with E-state index in [2.05, 4.69) is 32.4 Å². The molecule has 1 aliphatic carbocycles. The van der Waals surface area contributed by atoms with E-state index < -0.39 is 5.24 Å². The van der Waals surface area contributed by atoms with Gasteiger partial charge >= 0.3 is 0 Å². The molecule has 1 atom stereocenters. The van der Waals surface area contributed by atoms with Crippen LogP contribution in [0.1, 0.15) is 19.8 Å². The number of pyridine rings is 3. The van der Waals surface area contributed by atoms with Crippen molar-refractivity contribution in [3.05, 3.63) is 36.8 Å². The Labute approximate surface area is 217 Å². The van der Waals surface area contributed by atoms with Gasteiger partial charge in [-0.15, -0.1) is 5.10 Å². The van der Waals surface area contributed by atoms with Gasteiger partial charge in [0.15, 0.2) is 11.5 Å². The number of aromatic nitrogens is 5. The molecule has 1 saturated carbocycles. The summed E-state index contributed by atoms with van der Waals surface area (Å²) in [5, 5.41) is 10.1. The summed E-state index contributed by atoms with van der Waals surface area (Å²) < 4.78 is 7.42. The average molecular weight is 488 g/mol. The predicted octanol–water partition coefficient (Wildman–Crippen LogP) is 1.44. The lowest BCUT2D eigenvalue weighted by molar-refractivity contribution is -0.117. The molecule has 0 spiro atoms. The van der Waals surface area contributed by atoms with Gasteiger partial charge in [-0.1, -0.05) is 5.24 Å². The molecule has 0 unspecified atom stereocenters. The van der Waals surface area contributed by atoms with Gasteiger partial charge in [-0.25, -0.2) is 19.5 Å². The summed E-state index contributed by atoms with van der Waals surface area (Å²) in [6.45, 7) is 4.37. The smallest absolute Gasteiger partial charge is 0.228 e. The average Bonchev–Trinajstić information content (AvgIpc) is 3.62. The molecular formula is C24H23B3N8O2. The van der Waals surface area contributed by atoms with Gasteiger partial charge in [0.25, 0.3) is 0 Å². The fraction of sp³-hybridized carbons (Fsp3) is 0.375. The SMILES string of the molecule is [B]C([B])([B])Nc1ncc(-c2nc3ccc(N4CCO[C@H](C)C4)cn3n2)c2cc(NC(=O)C3CC3)ncc12. The number of carbonyl (C=O) groups is 1. The van der Waals surface area contributed by atoms with Crippen molar-refractivity contribution in [3.8, 4) is 11.4 Å². The second-order valence-corrected chi connectivity index (χ2v) is 9.71. The summed E-state index contributed by atoms with van der Waals surface area (Å²) in [5.41, 5.74) is 2.39. The third-order valence-corrected chi connectivity index (χ3v) is 6.47. The van der Waals surface area contributed by atoms with Crippen molar-refractivity contribution in [1.82, 2.24) is 24.6 Å². The van der Waals surface area contributed by atoms with Gasteiger partial charge in [0.1, 0.15) is 11.6 Å². The third-order valence-electron chi connectivity index (χ3n) is 6.47. The molecule has 180 valence electrons. The lowest BCUT2D eigenvalue weighted by atomic mass is 9.49. The third kappa shape index (κ3) is 5.00. The number of hydrogen-bond donors (Lipinski definition) is 2. The number of hydrogen-bond acceptors (Lipinski definition) is 8. The van der Waals surface area contributed by atoms with Crippen LogP contribution in [0, 0.1) is 5.92 Å². The number of carbonyl (C=O) groups excluding carboxylic acids is 1. The molecule has 0 aromatic carbocycles. The highest BCUT2D eigenvalue weighted by atomic mass is 16.5. The van der Waals surface area contributed by atoms with Crippen LogP contribution in [0.4, 0.5) is 17.3 Å². The van der Waals surface area contributed by atoms with Crippen molar-refractivity contribution >= 4 is 63.2 Å². The van der Waals surface area contributed by atoms with Crippen molar-refractivity contribution in [2.45, 2.75) is 31.1 Å². The summed E-state index contributed by atoms with van der Waals surface area (Å²) in [4.78, 5) is 28.2. The standard InChI is InChI=1S/C24H23B3N8O2/c1-13-11-34(6-7-37-13)15-4-5-20-31-22(33-35(20)12-15)18-10-29-21(32-24(25,26)27)17-9-28-19(8-16(17)18)30-23(36)14-2-3-14/h4-5,8-10,12-14H,2-3,6-7,11H2,1H3,(H,29,32)(H,28,30,36)/t13-/m1/s1. The molecule has 10 nitrogen and oxygen atoms in total. The Hall–Kier alpha value is -3.60. The van der Waals surface area contributed by atoms with Gasteiger partial charge in [-0.05, 0) is 38.0 Å². The lowest BCUT2D eigenvalue weighted by Crippen LogP contribution is -2.41. The van der Waals surface area contributed by atoms with Gasteiger partial charge < -0.3 is 20.3 Å². The summed E-state index contributed by atoms with van der Waals surface area (Å²) in [6.07, 6.45) is 7.13. The van der Waals surface area contributed by atoms with Crippen LogP contribution >= 0.6 is 0 Å². The van der Waals surface area contributed by atoms with E-state index >= 15 is 0 Å². The number of morpholine rings is 1. The maximum Gasteiger partial charge on any atom is 0.228 e. The zero-order chi connectivity index (χ0) is 25.7. The van der Waals surface area contributed by atoms with Gasteiger partial charge in [-0.2, -0.15) is 0 Å². The molecule has 1 aliphatic heterocycles. The Kier molecular flexibility index (Phi) is 5.82. The quantitative estimate of drug-likeness (QED) is 0.393. The normalized spacial score (nSPS) is 18.3. The van der Waals surface area contributed by atoms with Crippen LogP contribution in [-0.2, 0) is 9.53 Å². The summed E-state index contributed by atoms with van der Waals surface area (Å²) in [6, 6.07) is 5.75. The number of nitrogens with one attached hydrogen (secondary N) is 2. The van der Waals surface area contributed by atoms with E-state index in [0.717, 1.165) is 31.6 Å². The number of nitrogens with zero attached hydrogens (tertiary/aromatic N) is 6. The minimum atomic E-state index is -1.69. The fourth-order valence-corrected chi connectivity index (χ4v) is 4.49. The molecule has 6 rings (SSSR count). The van der Waals surface area contributed by atoms with Gasteiger partial charge in [-0.3, -0.25) is 4.79 Å². The number of ether oxygens (including phenoxy) is 1. The van der Waals surface area contributed by atoms with Crippen LogP contribution in [0.2, 0.25) is 0 Å². The predicted molar refractivity (Wildman–Crippen MR) is 144 cm³/mol. The van der Waals surface area contributed by atoms with Crippen LogP contribution in [-0.4, -0.2) is 85.0 Å². The summed E-state index contributed by atoms with van der Waals surface area (Å²) in [7, 11) is 17.3. The maximum absolute atomic E-state index is 12.4. The van der Waals surface area contributed by atoms with Gasteiger partial charge in [0.2, 0.25) is 5.91 Å². The minimum Gasteiger partial charge on any atom is -0.389 e. The Balaban J connectivity index is 1.41. The van der Waals surface area contributed by atoms with Crippen molar-refractivity contribution in [2.75, 3.05) is 35.2 Å². The molecular weight excluding hydrogens is 465 g/mol. The van der Waals surface area contributed by atoms with Gasteiger partial charge in [0.05, 0.1) is 48.1 Å². The van der Waals surface area contributed by atoms with Crippen molar-refractivity contribution < 1.29 is 9.53 Å². The summed E-state index contributed by atoms with van der Waals surface area (Å²) in [5.74, 6) is 1.26. The van der Waals surface area contributed by atoms with E-state index in [9.17, 15) is 4.79 Å². The van der Waals surface area contributed by atoms with E-state index in [-0.39, 0.29) is 17.9 Å². The van der Waals surface area contributed by atoms with E-state index in [0.29, 0.717) is 46.1 Å². The van der Waals surface area contributed by atoms with E-state index in [1.165, 1.54) is 0 Å². The van der Waals surface area contributed by atoms with Crippen molar-refractivity contribution in [3.63, 3.8) is 0 Å². The Bertz CT molecular complexity index is 1500. The molecule has 2 N–H and O–H groups in total. The van der Waals surface area contributed by atoms with Gasteiger partial charge in [0, 0.05) is 47.7 Å². The van der Waals surface area contributed by atoms with Crippen LogP contribution < -0.4 is 15.5 Å². The maximum atomic E-state index is 12.4. The molecule has 1 amide bonds. The monoisotopic (exact) mass is 488 g/mol. The molecule has 2 aliphatic rings. The molecule has 4 aromatic heterocycles. The fourth-order valence-electron chi connectivity index (χ4n) is 4.49. The number of rotatable bonds is 6. The minimum absolute atomic E-state index is 0.0403. The lowest BCUT2D eigenvalue weighted by Gasteiger charge is -2.32. The largest absolute Gasteiger partial charge is 0.389 e. The first-order valence-electron chi connectivity index (χ1n) is 12.2. The number of amides is 1. The second kappa shape index (κ2) is 9.06. The van der Waals surface area contributed by atoms with Crippen LogP contribution in [0.5, 0.6) is 0 Å². The molecule has 37 heavy (non-hydrogen) atoms. The first-order valence-corrected chi connectivity index (χ1v) is 12.2. The highest BCUT2D eigenvalue weighted by molar-refractivity contribution is 6.60. The molecule has 13 heteroatoms. The van der Waals surface area contributed by atoms with E-state index in [1.807, 2.05) is 18.3 Å². The van der Waals surface area contributed by atoms with Crippen molar-refractivity contribution in [1.29, 1.82) is 0 Å². The zero-order valence-corrected chi connectivity index (χ0v) is 20.4. The summed E-state index contributed by atoms with van der Waals surface area (Å²) >= 11 is 0. The van der Waals surface area contributed by atoms with Crippen molar-refractivity contribution in [2.24, 2.45) is 5.92 Å². The van der Waals surface area contributed by atoms with E-state index in [1.54, 1.807) is 23.0 Å². The van der Waals surface area contributed by atoms with Crippen LogP contribution in [0.25, 0.3) is 27.8 Å². The number of anilines is 3. The highest BCUT2D eigenvalue weighted by Crippen LogP contribution is 2.34. The molecule has 0 bridgehead atoms. The molecule has 1 saturated heterocycles. The Morgan fingerprint density at radius 3 is 2.76 bits per heavy atom. The highest BCUT2D eigenvalue weighted by Gasteiger charge is 2.30. The molecule has 2 fully saturated rings. The Morgan fingerprint density at radius 2 is 2.00 bits per heavy atom. The number of fused-ring (bicyclic) bond motifs is 2. The second-order valence-electron chi connectivity index (χ2n) is 9.71. The zero-order valence-electron chi connectivity index (χ0n) is 20.4.